The van der Waals surface area contributed by atoms with Gasteiger partial charge in [-0.25, -0.2) is 9.36 Å². The van der Waals surface area contributed by atoms with Crippen molar-refractivity contribution in [1.29, 1.82) is 0 Å². The molecule has 0 atom stereocenters. The molecule has 0 amide bonds. The van der Waals surface area contributed by atoms with E-state index in [2.05, 4.69) is 58.7 Å². The van der Waals surface area contributed by atoms with Crippen LogP contribution in [0.2, 0.25) is 0 Å². The Balaban J connectivity index is 1.62. The van der Waals surface area contributed by atoms with E-state index in [0.717, 1.165) is 22.9 Å². The summed E-state index contributed by atoms with van der Waals surface area (Å²) in [6.45, 7) is 0. The average Bonchev–Trinajstić information content (AvgIpc) is 3.51. The van der Waals surface area contributed by atoms with Gasteiger partial charge >= 0.3 is 0 Å². The molecular weight excluding hydrogens is 372 g/mol. The molecule has 3 heterocycles. The molecule has 0 spiro atoms. The fraction of sp³-hybridized carbons (Fsp3) is 0.143. The molecule has 134 valence electrons. The van der Waals surface area contributed by atoms with E-state index in [1.807, 2.05) is 69.8 Å². The van der Waals surface area contributed by atoms with Crippen LogP contribution in [-0.2, 0) is 4.08 Å². The third-order valence-corrected chi connectivity index (χ3v) is 8.22. The van der Waals surface area contributed by atoms with Crippen LogP contribution in [-0.4, -0.2) is 31.1 Å². The van der Waals surface area contributed by atoms with Gasteiger partial charge in [-0.15, -0.1) is 23.5 Å². The summed E-state index contributed by atoms with van der Waals surface area (Å²) in [6.07, 6.45) is 7.60. The minimum atomic E-state index is -0.105. The molecule has 5 rings (SSSR count). The molecule has 6 heteroatoms. The van der Waals surface area contributed by atoms with Gasteiger partial charge in [-0.3, -0.25) is 0 Å². The topological polar surface area (TPSA) is 35.6 Å². The molecule has 1 aliphatic rings. The number of hydrogen-bond donors (Lipinski definition) is 0. The van der Waals surface area contributed by atoms with Crippen molar-refractivity contribution >= 4 is 23.5 Å². The molecule has 0 bridgehead atoms. The van der Waals surface area contributed by atoms with Gasteiger partial charge in [0.25, 0.3) is 0 Å². The summed E-state index contributed by atoms with van der Waals surface area (Å²) in [5, 5.41) is 8.78. The third kappa shape index (κ3) is 2.99. The Morgan fingerprint density at radius 3 is 1.67 bits per heavy atom. The number of benzene rings is 2. The number of rotatable bonds is 4. The Morgan fingerprint density at radius 2 is 1.22 bits per heavy atom. The van der Waals surface area contributed by atoms with E-state index in [4.69, 9.17) is 0 Å². The quantitative estimate of drug-likeness (QED) is 0.504. The SMILES string of the molecule is c1cc(-n2cccn2)cc(C2(c3cccc(-n4cccn4)c3)SCCS2)c1. The Labute approximate surface area is 166 Å². The van der Waals surface area contributed by atoms with Crippen LogP contribution in [0.15, 0.2) is 85.5 Å². The van der Waals surface area contributed by atoms with Crippen molar-refractivity contribution in [3.63, 3.8) is 0 Å². The van der Waals surface area contributed by atoms with Crippen molar-refractivity contribution in [3.8, 4) is 11.4 Å². The lowest BCUT2D eigenvalue weighted by Gasteiger charge is -2.29. The van der Waals surface area contributed by atoms with E-state index in [-0.39, 0.29) is 4.08 Å². The first-order valence-electron chi connectivity index (χ1n) is 8.84. The molecule has 0 N–H and O–H groups in total. The molecule has 1 saturated heterocycles. The average molecular weight is 391 g/mol. The standard InChI is InChI=1S/C21H18N4S2/c1-5-17(15-19(7-1)24-11-3-9-22-24)21(26-13-14-27-21)18-6-2-8-20(16-18)25-12-4-10-23-25/h1-12,15-16H,13-14H2. The van der Waals surface area contributed by atoms with Crippen LogP contribution in [0.1, 0.15) is 11.1 Å². The molecule has 4 nitrogen and oxygen atoms in total. The molecule has 4 aromatic rings. The monoisotopic (exact) mass is 390 g/mol. The summed E-state index contributed by atoms with van der Waals surface area (Å²) < 4.78 is 3.73. The first-order chi connectivity index (χ1) is 13.4. The van der Waals surface area contributed by atoms with Crippen molar-refractivity contribution in [1.82, 2.24) is 19.6 Å². The van der Waals surface area contributed by atoms with Crippen LogP contribution in [0.25, 0.3) is 11.4 Å². The van der Waals surface area contributed by atoms with Gasteiger partial charge in [0.1, 0.15) is 4.08 Å². The second-order valence-corrected chi connectivity index (χ2v) is 9.19. The fourth-order valence-corrected chi connectivity index (χ4v) is 6.71. The van der Waals surface area contributed by atoms with Crippen LogP contribution in [0.5, 0.6) is 0 Å². The molecule has 2 aromatic heterocycles. The molecule has 2 aromatic carbocycles. The number of aromatic nitrogens is 4. The Bertz CT molecular complexity index is 956. The van der Waals surface area contributed by atoms with E-state index in [1.54, 1.807) is 0 Å². The van der Waals surface area contributed by atoms with Gasteiger partial charge in [-0.2, -0.15) is 10.2 Å². The van der Waals surface area contributed by atoms with Gasteiger partial charge in [0.15, 0.2) is 0 Å². The van der Waals surface area contributed by atoms with Crippen LogP contribution in [0, 0.1) is 0 Å². The second-order valence-electron chi connectivity index (χ2n) is 6.32. The van der Waals surface area contributed by atoms with E-state index in [1.165, 1.54) is 11.1 Å². The largest absolute Gasteiger partial charge is 0.241 e. The molecule has 1 fully saturated rings. The summed E-state index contributed by atoms with van der Waals surface area (Å²) >= 11 is 4.02. The molecule has 0 saturated carbocycles. The lowest BCUT2D eigenvalue weighted by Crippen LogP contribution is -2.17. The molecule has 0 unspecified atom stereocenters. The highest BCUT2D eigenvalue weighted by atomic mass is 32.2. The summed E-state index contributed by atoms with van der Waals surface area (Å²) in [5.74, 6) is 2.28. The van der Waals surface area contributed by atoms with E-state index in [0.29, 0.717) is 0 Å². The molecular formula is C21H18N4S2. The molecule has 0 aliphatic carbocycles. The van der Waals surface area contributed by atoms with Gasteiger partial charge < -0.3 is 0 Å². The molecule has 27 heavy (non-hydrogen) atoms. The first kappa shape index (κ1) is 16.7. The van der Waals surface area contributed by atoms with Crippen LogP contribution in [0.3, 0.4) is 0 Å². The normalized spacial score (nSPS) is 15.9. The Morgan fingerprint density at radius 1 is 0.704 bits per heavy atom. The number of nitrogens with zero attached hydrogens (tertiary/aromatic N) is 4. The zero-order chi connectivity index (χ0) is 18.1. The van der Waals surface area contributed by atoms with E-state index < -0.39 is 0 Å². The lowest BCUT2D eigenvalue weighted by molar-refractivity contribution is 0.871. The van der Waals surface area contributed by atoms with Crippen LogP contribution in [0.4, 0.5) is 0 Å². The maximum atomic E-state index is 4.39. The lowest BCUT2D eigenvalue weighted by atomic mass is 10.0. The Hall–Kier alpha value is -2.44. The highest BCUT2D eigenvalue weighted by molar-refractivity contribution is 8.20. The predicted molar refractivity (Wildman–Crippen MR) is 113 cm³/mol. The predicted octanol–water partition coefficient (Wildman–Crippen LogP) is 4.74. The summed E-state index contributed by atoms with van der Waals surface area (Å²) in [7, 11) is 0. The zero-order valence-electron chi connectivity index (χ0n) is 14.6. The minimum Gasteiger partial charge on any atom is -0.241 e. The van der Waals surface area contributed by atoms with Gasteiger partial charge in [-0.05, 0) is 47.5 Å². The highest BCUT2D eigenvalue weighted by Crippen LogP contribution is 2.56. The van der Waals surface area contributed by atoms with Gasteiger partial charge in [0.05, 0.1) is 11.4 Å². The third-order valence-electron chi connectivity index (χ3n) is 4.68. The number of thioether (sulfide) groups is 2. The van der Waals surface area contributed by atoms with Gasteiger partial charge in [0.2, 0.25) is 0 Å². The highest BCUT2D eigenvalue weighted by Gasteiger charge is 2.39. The summed E-state index contributed by atoms with van der Waals surface area (Å²) in [5.41, 5.74) is 4.79. The Kier molecular flexibility index (Phi) is 4.30. The van der Waals surface area contributed by atoms with Crippen molar-refractivity contribution in [3.05, 3.63) is 96.6 Å². The summed E-state index contributed by atoms with van der Waals surface area (Å²) in [4.78, 5) is 0. The minimum absolute atomic E-state index is 0.105. The number of hydrogen-bond acceptors (Lipinski definition) is 4. The van der Waals surface area contributed by atoms with Gasteiger partial charge in [0, 0.05) is 36.3 Å². The first-order valence-corrected chi connectivity index (χ1v) is 10.8. The van der Waals surface area contributed by atoms with Crippen molar-refractivity contribution in [2.75, 3.05) is 11.5 Å². The van der Waals surface area contributed by atoms with Crippen molar-refractivity contribution < 1.29 is 0 Å². The van der Waals surface area contributed by atoms with Crippen molar-refractivity contribution in [2.24, 2.45) is 0 Å². The van der Waals surface area contributed by atoms with E-state index >= 15 is 0 Å². The van der Waals surface area contributed by atoms with E-state index in [9.17, 15) is 0 Å². The molecule has 1 aliphatic heterocycles. The maximum absolute atomic E-state index is 4.39. The zero-order valence-corrected chi connectivity index (χ0v) is 16.2. The van der Waals surface area contributed by atoms with Gasteiger partial charge in [-0.1, -0.05) is 24.3 Å². The fourth-order valence-electron chi connectivity index (χ4n) is 3.46. The maximum Gasteiger partial charge on any atom is 0.111 e. The second kappa shape index (κ2) is 6.94. The molecule has 0 radical (unpaired) electrons. The smallest absolute Gasteiger partial charge is 0.111 e. The van der Waals surface area contributed by atoms with Crippen LogP contribution >= 0.6 is 23.5 Å². The van der Waals surface area contributed by atoms with Crippen molar-refractivity contribution in [2.45, 2.75) is 4.08 Å². The van der Waals surface area contributed by atoms with Crippen LogP contribution < -0.4 is 0 Å². The summed E-state index contributed by atoms with van der Waals surface area (Å²) in [6, 6.07) is 21.4.